The normalized spacial score (nSPS) is 19.2. The van der Waals surface area contributed by atoms with E-state index in [2.05, 4.69) is 20.3 Å². The van der Waals surface area contributed by atoms with Gasteiger partial charge in [0.25, 0.3) is 0 Å². The van der Waals surface area contributed by atoms with Crippen LogP contribution in [0.4, 0.5) is 0 Å². The first-order valence-corrected chi connectivity index (χ1v) is 9.86. The molecule has 156 valence electrons. The molecule has 1 aliphatic carbocycles. The summed E-state index contributed by atoms with van der Waals surface area (Å²) in [6, 6.07) is 1.76. The molecule has 0 spiro atoms. The van der Waals surface area contributed by atoms with Gasteiger partial charge >= 0.3 is 0 Å². The fourth-order valence-electron chi connectivity index (χ4n) is 3.07. The van der Waals surface area contributed by atoms with Crippen molar-refractivity contribution in [3.8, 4) is 23.0 Å². The Morgan fingerprint density at radius 3 is 2.69 bits per heavy atom. The monoisotopic (exact) mass is 420 g/mol. The molecule has 2 aromatic rings. The van der Waals surface area contributed by atoms with E-state index >= 15 is 0 Å². The van der Waals surface area contributed by atoms with Gasteiger partial charge in [-0.2, -0.15) is 0 Å². The number of amides is 1. The van der Waals surface area contributed by atoms with Gasteiger partial charge in [0.1, 0.15) is 5.02 Å². The van der Waals surface area contributed by atoms with Crippen molar-refractivity contribution in [2.45, 2.75) is 38.8 Å². The highest BCUT2D eigenvalue weighted by Gasteiger charge is 2.31. The summed E-state index contributed by atoms with van der Waals surface area (Å²) in [6.45, 7) is 4.45. The molecule has 0 unspecified atom stereocenters. The fourth-order valence-corrected chi connectivity index (χ4v) is 3.32. The highest BCUT2D eigenvalue weighted by atomic mass is 35.5. The van der Waals surface area contributed by atoms with Gasteiger partial charge in [-0.25, -0.2) is 15.0 Å². The van der Waals surface area contributed by atoms with Gasteiger partial charge in [0.2, 0.25) is 11.8 Å². The number of carbonyl (C=O) groups excluding carboxylic acids is 1. The van der Waals surface area contributed by atoms with Crippen LogP contribution in [-0.2, 0) is 9.53 Å². The lowest BCUT2D eigenvalue weighted by Gasteiger charge is -2.35. The van der Waals surface area contributed by atoms with Crippen LogP contribution >= 0.6 is 11.6 Å². The summed E-state index contributed by atoms with van der Waals surface area (Å²) in [5, 5.41) is 3.19. The number of pyridine rings is 1. The third-order valence-corrected chi connectivity index (χ3v) is 5.01. The molecule has 2 heterocycles. The molecule has 0 bridgehead atoms. The maximum atomic E-state index is 11.0. The van der Waals surface area contributed by atoms with Crippen LogP contribution in [0.15, 0.2) is 24.7 Å². The van der Waals surface area contributed by atoms with Crippen molar-refractivity contribution in [2.24, 2.45) is 5.92 Å². The van der Waals surface area contributed by atoms with E-state index in [-0.39, 0.29) is 18.1 Å². The van der Waals surface area contributed by atoms with Crippen LogP contribution < -0.4 is 14.8 Å². The van der Waals surface area contributed by atoms with Gasteiger partial charge < -0.3 is 19.5 Å². The van der Waals surface area contributed by atoms with E-state index < -0.39 is 0 Å². The highest BCUT2D eigenvalue weighted by molar-refractivity contribution is 6.34. The molecule has 1 atom stereocenters. The zero-order chi connectivity index (χ0) is 20.8. The highest BCUT2D eigenvalue weighted by Crippen LogP contribution is 2.34. The molecular formula is C20H25ClN4O4. The molecule has 1 amide bonds. The minimum absolute atomic E-state index is 0.00807. The summed E-state index contributed by atoms with van der Waals surface area (Å²) in [7, 11) is 1.56. The average molecular weight is 421 g/mol. The van der Waals surface area contributed by atoms with Crippen LogP contribution in [0.3, 0.4) is 0 Å². The Balaban J connectivity index is 1.48. The fraction of sp³-hybridized carbons (Fsp3) is 0.500. The molecule has 3 rings (SSSR count). The molecule has 0 aliphatic heterocycles. The van der Waals surface area contributed by atoms with Gasteiger partial charge in [-0.15, -0.1) is 0 Å². The van der Waals surface area contributed by atoms with Crippen molar-refractivity contribution in [3.63, 3.8) is 0 Å². The number of aromatic nitrogens is 3. The van der Waals surface area contributed by atoms with Crippen LogP contribution in [0.2, 0.25) is 5.02 Å². The first kappa shape index (κ1) is 21.3. The van der Waals surface area contributed by atoms with Crippen LogP contribution in [-0.4, -0.2) is 53.3 Å². The second-order valence-electron chi connectivity index (χ2n) is 7.13. The Bertz CT molecular complexity index is 828. The molecule has 1 aliphatic rings. The Morgan fingerprint density at radius 1 is 1.31 bits per heavy atom. The quantitative estimate of drug-likeness (QED) is 0.666. The first-order valence-electron chi connectivity index (χ1n) is 9.48. The number of nitrogens with one attached hydrogen (secondary N) is 1. The lowest BCUT2D eigenvalue weighted by molar-refractivity contribution is -0.120. The Morgan fingerprint density at radius 2 is 2.03 bits per heavy atom. The second-order valence-corrected chi connectivity index (χ2v) is 7.51. The van der Waals surface area contributed by atoms with Gasteiger partial charge in [0.15, 0.2) is 11.6 Å². The molecule has 1 saturated carbocycles. The molecule has 1 N–H and O–H groups in total. The van der Waals surface area contributed by atoms with Gasteiger partial charge in [-0.05, 0) is 31.7 Å². The van der Waals surface area contributed by atoms with Gasteiger partial charge in [0, 0.05) is 24.7 Å². The van der Waals surface area contributed by atoms with Gasteiger partial charge in [-0.3, -0.25) is 4.79 Å². The SMILES string of the molecule is COc1cnc(-c2ccnc(OCC3CC(OC[C@H](C)NC(C)=O)C3)c2Cl)nc1. The first-order chi connectivity index (χ1) is 14.0. The Labute approximate surface area is 175 Å². The third-order valence-electron chi connectivity index (χ3n) is 4.64. The number of hydrogen-bond acceptors (Lipinski definition) is 7. The third kappa shape index (κ3) is 5.77. The Kier molecular flexibility index (Phi) is 7.22. The number of nitrogens with zero attached hydrogens (tertiary/aromatic N) is 3. The van der Waals surface area contributed by atoms with E-state index in [4.69, 9.17) is 25.8 Å². The summed E-state index contributed by atoms with van der Waals surface area (Å²) >= 11 is 6.46. The van der Waals surface area contributed by atoms with E-state index in [0.717, 1.165) is 12.8 Å². The van der Waals surface area contributed by atoms with Crippen molar-refractivity contribution in [1.82, 2.24) is 20.3 Å². The Hall–Kier alpha value is -2.45. The molecule has 0 radical (unpaired) electrons. The molecule has 9 heteroatoms. The number of halogens is 1. The minimum atomic E-state index is -0.0485. The molecule has 2 aromatic heterocycles. The molecule has 0 aromatic carbocycles. The lowest BCUT2D eigenvalue weighted by Crippen LogP contribution is -2.40. The van der Waals surface area contributed by atoms with Crippen molar-refractivity contribution < 1.29 is 19.0 Å². The summed E-state index contributed by atoms with van der Waals surface area (Å²) in [5.74, 6) is 1.76. The number of hydrogen-bond donors (Lipinski definition) is 1. The van der Waals surface area contributed by atoms with E-state index in [1.54, 1.807) is 31.8 Å². The van der Waals surface area contributed by atoms with E-state index in [1.165, 1.54) is 6.92 Å². The summed E-state index contributed by atoms with van der Waals surface area (Å²) in [5.41, 5.74) is 0.654. The largest absolute Gasteiger partial charge is 0.494 e. The molecule has 0 saturated heterocycles. The smallest absolute Gasteiger partial charge is 0.233 e. The minimum Gasteiger partial charge on any atom is -0.494 e. The molecule has 1 fully saturated rings. The van der Waals surface area contributed by atoms with Crippen molar-refractivity contribution >= 4 is 17.5 Å². The predicted molar refractivity (Wildman–Crippen MR) is 108 cm³/mol. The van der Waals surface area contributed by atoms with Crippen LogP contribution in [0.25, 0.3) is 11.4 Å². The zero-order valence-electron chi connectivity index (χ0n) is 16.7. The van der Waals surface area contributed by atoms with Gasteiger partial charge in [-0.1, -0.05) is 11.6 Å². The molecule has 8 nitrogen and oxygen atoms in total. The van der Waals surface area contributed by atoms with Crippen molar-refractivity contribution in [3.05, 3.63) is 29.7 Å². The van der Waals surface area contributed by atoms with E-state index in [1.807, 2.05) is 6.92 Å². The summed E-state index contributed by atoms with van der Waals surface area (Å²) in [4.78, 5) is 23.8. The molecule has 29 heavy (non-hydrogen) atoms. The average Bonchev–Trinajstić information content (AvgIpc) is 2.67. The van der Waals surface area contributed by atoms with Crippen molar-refractivity contribution in [1.29, 1.82) is 0 Å². The standard InChI is InChI=1S/C20H25ClN4O4/c1-12(25-13(2)26)10-28-15-6-14(7-15)11-29-20-18(21)17(4-5-22-20)19-23-8-16(27-3)9-24-19/h4-5,8-9,12,14-15H,6-7,10-11H2,1-3H3,(H,25,26)/t12-,14?,15?/m0/s1. The maximum absolute atomic E-state index is 11.0. The van der Waals surface area contributed by atoms with Crippen LogP contribution in [0.1, 0.15) is 26.7 Å². The predicted octanol–water partition coefficient (Wildman–Crippen LogP) is 2.90. The van der Waals surface area contributed by atoms with Crippen LogP contribution in [0, 0.1) is 5.92 Å². The van der Waals surface area contributed by atoms with Crippen molar-refractivity contribution in [2.75, 3.05) is 20.3 Å². The number of methoxy groups -OCH3 is 1. The van der Waals surface area contributed by atoms with Crippen LogP contribution in [0.5, 0.6) is 11.6 Å². The zero-order valence-corrected chi connectivity index (χ0v) is 17.5. The van der Waals surface area contributed by atoms with E-state index in [0.29, 0.717) is 47.2 Å². The molecular weight excluding hydrogens is 396 g/mol. The topological polar surface area (TPSA) is 95.5 Å². The summed E-state index contributed by atoms with van der Waals surface area (Å²) in [6.07, 6.45) is 6.81. The summed E-state index contributed by atoms with van der Waals surface area (Å²) < 4.78 is 16.7. The lowest BCUT2D eigenvalue weighted by atomic mass is 9.83. The van der Waals surface area contributed by atoms with E-state index in [9.17, 15) is 4.79 Å². The second kappa shape index (κ2) is 9.84. The number of carbonyl (C=O) groups is 1. The van der Waals surface area contributed by atoms with Gasteiger partial charge in [0.05, 0.1) is 38.8 Å². The number of ether oxygens (including phenoxy) is 3. The maximum Gasteiger partial charge on any atom is 0.233 e. The number of rotatable bonds is 9.